The monoisotopic (exact) mass is 521 g/mol. The quantitative estimate of drug-likeness (QED) is 0.208. The number of hydrogen-bond donors (Lipinski definition) is 0. The van der Waals surface area contributed by atoms with E-state index in [1.54, 1.807) is 72.8 Å². The summed E-state index contributed by atoms with van der Waals surface area (Å²) in [6, 6.07) is 25.6. The number of carbonyl (C=O) groups excluding carboxylic acids is 3. The van der Waals surface area contributed by atoms with Crippen LogP contribution in [0.25, 0.3) is 22.3 Å². The summed E-state index contributed by atoms with van der Waals surface area (Å²) in [5.41, 5.74) is 1.39. The van der Waals surface area contributed by atoms with Gasteiger partial charge in [-0.15, -0.1) is 0 Å². The molecule has 0 atom stereocenters. The number of imide groups is 1. The van der Waals surface area contributed by atoms with Crippen LogP contribution in [0.15, 0.2) is 106 Å². The topological polar surface area (TPSA) is 93.9 Å². The minimum absolute atomic E-state index is 0.0846. The molecule has 1 aromatic heterocycles. The largest absolute Gasteiger partial charge is 0.452 e. The van der Waals surface area contributed by atoms with Crippen molar-refractivity contribution in [1.82, 2.24) is 0 Å². The zero-order chi connectivity index (χ0) is 26.4. The fourth-order valence-corrected chi connectivity index (χ4v) is 4.46. The first kappa shape index (κ1) is 23.4. The summed E-state index contributed by atoms with van der Waals surface area (Å²) < 4.78 is 11.6. The highest BCUT2D eigenvalue weighted by atomic mass is 35.5. The van der Waals surface area contributed by atoms with Crippen molar-refractivity contribution < 1.29 is 23.5 Å². The smallest absolute Gasteiger partial charge is 0.343 e. The van der Waals surface area contributed by atoms with Crippen molar-refractivity contribution in [1.29, 1.82) is 0 Å². The summed E-state index contributed by atoms with van der Waals surface area (Å²) in [4.78, 5) is 53.0. The van der Waals surface area contributed by atoms with E-state index in [2.05, 4.69) is 0 Å². The molecule has 6 rings (SSSR count). The third-order valence-corrected chi connectivity index (χ3v) is 6.46. The Morgan fingerprint density at radius 3 is 2.00 bits per heavy atom. The van der Waals surface area contributed by atoms with E-state index in [0.717, 1.165) is 4.90 Å². The molecule has 7 nitrogen and oxygen atoms in total. The second-order valence-electron chi connectivity index (χ2n) is 8.52. The zero-order valence-electron chi connectivity index (χ0n) is 19.5. The Bertz CT molecular complexity index is 1790. The number of para-hydroxylation sites is 1. The molecule has 1 aliphatic rings. The number of nitrogens with zero attached hydrogens (tertiary/aromatic N) is 1. The fraction of sp³-hybridized carbons (Fsp3) is 0. The van der Waals surface area contributed by atoms with Crippen LogP contribution in [0.4, 0.5) is 5.69 Å². The van der Waals surface area contributed by atoms with Crippen LogP contribution in [0, 0.1) is 0 Å². The summed E-state index contributed by atoms with van der Waals surface area (Å²) >= 11 is 6.01. The number of rotatable bonds is 4. The highest BCUT2D eigenvalue weighted by Crippen LogP contribution is 2.33. The van der Waals surface area contributed by atoms with E-state index in [0.29, 0.717) is 33.0 Å². The number of anilines is 1. The lowest BCUT2D eigenvalue weighted by Crippen LogP contribution is -2.29. The first-order valence-corrected chi connectivity index (χ1v) is 11.9. The van der Waals surface area contributed by atoms with E-state index in [1.165, 1.54) is 24.3 Å². The van der Waals surface area contributed by atoms with Crippen molar-refractivity contribution in [2.75, 3.05) is 4.90 Å². The molecule has 0 unspecified atom stereocenters. The zero-order valence-corrected chi connectivity index (χ0v) is 20.3. The van der Waals surface area contributed by atoms with Crippen LogP contribution in [-0.2, 0) is 0 Å². The van der Waals surface area contributed by atoms with Crippen molar-refractivity contribution in [2.45, 2.75) is 0 Å². The highest BCUT2D eigenvalue weighted by Gasteiger charge is 2.36. The number of hydrogen-bond acceptors (Lipinski definition) is 6. The first-order valence-electron chi connectivity index (χ1n) is 11.5. The van der Waals surface area contributed by atoms with Gasteiger partial charge in [-0.25, -0.2) is 9.69 Å². The molecule has 5 aromatic rings. The molecule has 0 aliphatic carbocycles. The average molecular weight is 522 g/mol. The second kappa shape index (κ2) is 9.14. The van der Waals surface area contributed by atoms with Crippen LogP contribution < -0.4 is 15.1 Å². The van der Waals surface area contributed by atoms with Gasteiger partial charge in [-0.2, -0.15) is 0 Å². The van der Waals surface area contributed by atoms with Crippen LogP contribution in [0.5, 0.6) is 5.75 Å². The number of benzene rings is 4. The van der Waals surface area contributed by atoms with Gasteiger partial charge in [-0.3, -0.25) is 14.4 Å². The lowest BCUT2D eigenvalue weighted by atomic mass is 10.1. The van der Waals surface area contributed by atoms with Gasteiger partial charge >= 0.3 is 5.97 Å². The predicted octanol–water partition coefficient (Wildman–Crippen LogP) is 6.13. The number of ether oxygens (including phenoxy) is 1. The van der Waals surface area contributed by atoms with Gasteiger partial charge in [0.25, 0.3) is 11.8 Å². The molecule has 4 aromatic carbocycles. The minimum Gasteiger partial charge on any atom is -0.452 e. The normalized spacial score (nSPS) is 12.6. The van der Waals surface area contributed by atoms with Gasteiger partial charge in [0, 0.05) is 10.6 Å². The highest BCUT2D eigenvalue weighted by molar-refractivity contribution is 6.34. The van der Waals surface area contributed by atoms with Crippen molar-refractivity contribution >= 4 is 46.0 Å². The van der Waals surface area contributed by atoms with Crippen molar-refractivity contribution in [3.8, 4) is 17.1 Å². The molecule has 2 heterocycles. The molecule has 0 spiro atoms. The number of amides is 2. The molecule has 0 bridgehead atoms. The van der Waals surface area contributed by atoms with Gasteiger partial charge in [0.05, 0.1) is 27.8 Å². The number of halogens is 1. The number of esters is 1. The van der Waals surface area contributed by atoms with Crippen LogP contribution in [0.3, 0.4) is 0 Å². The summed E-state index contributed by atoms with van der Waals surface area (Å²) in [6.07, 6.45) is 0. The molecule has 184 valence electrons. The van der Waals surface area contributed by atoms with E-state index in [9.17, 15) is 19.2 Å². The molecular formula is C30H16ClNO6. The Hall–Kier alpha value is -5.01. The SMILES string of the molecule is O=C(Oc1c(-c2ccc(Cl)cc2)oc2ccccc2c1=O)c1ccc(N2C(=O)c3ccccc3C2=O)cc1. The molecule has 0 saturated carbocycles. The lowest BCUT2D eigenvalue weighted by molar-refractivity contribution is 0.0731. The Morgan fingerprint density at radius 1 is 0.737 bits per heavy atom. The Balaban J connectivity index is 1.34. The summed E-state index contributed by atoms with van der Waals surface area (Å²) in [6.45, 7) is 0. The van der Waals surface area contributed by atoms with Crippen molar-refractivity contribution in [3.05, 3.63) is 129 Å². The summed E-state index contributed by atoms with van der Waals surface area (Å²) in [7, 11) is 0. The van der Waals surface area contributed by atoms with Crippen LogP contribution >= 0.6 is 11.6 Å². The molecule has 0 radical (unpaired) electrons. The van der Waals surface area contributed by atoms with Gasteiger partial charge < -0.3 is 9.15 Å². The molecule has 8 heteroatoms. The minimum atomic E-state index is -0.809. The Morgan fingerprint density at radius 2 is 1.34 bits per heavy atom. The van der Waals surface area contributed by atoms with E-state index in [1.807, 2.05) is 0 Å². The van der Waals surface area contributed by atoms with E-state index >= 15 is 0 Å². The fourth-order valence-electron chi connectivity index (χ4n) is 4.33. The average Bonchev–Trinajstić information content (AvgIpc) is 3.20. The number of fused-ring (bicyclic) bond motifs is 2. The van der Waals surface area contributed by atoms with Gasteiger partial charge in [0.2, 0.25) is 11.2 Å². The Labute approximate surface area is 220 Å². The maximum atomic E-state index is 13.3. The molecule has 2 amide bonds. The molecule has 0 saturated heterocycles. The Kier molecular flexibility index (Phi) is 5.62. The van der Waals surface area contributed by atoms with Gasteiger partial charge in [0.15, 0.2) is 5.76 Å². The third-order valence-electron chi connectivity index (χ3n) is 6.21. The van der Waals surface area contributed by atoms with Crippen molar-refractivity contribution in [3.63, 3.8) is 0 Å². The molecule has 38 heavy (non-hydrogen) atoms. The van der Waals surface area contributed by atoms with Gasteiger partial charge in [-0.05, 0) is 72.8 Å². The standard InChI is InChI=1S/C30H16ClNO6/c31-19-13-9-17(10-14-19)26-27(25(33)23-7-3-4-8-24(23)37-26)38-30(36)18-11-15-20(16-12-18)32-28(34)21-5-1-2-6-22(21)29(32)35/h1-16H. The van der Waals surface area contributed by atoms with Crippen LogP contribution in [0.2, 0.25) is 5.02 Å². The van der Waals surface area contributed by atoms with Gasteiger partial charge in [-0.1, -0.05) is 35.9 Å². The molecule has 1 aliphatic heterocycles. The predicted molar refractivity (Wildman–Crippen MR) is 142 cm³/mol. The van der Waals surface area contributed by atoms with E-state index < -0.39 is 23.2 Å². The second-order valence-corrected chi connectivity index (χ2v) is 8.96. The molecule has 0 N–H and O–H groups in total. The summed E-state index contributed by atoms with van der Waals surface area (Å²) in [5, 5.41) is 0.752. The summed E-state index contributed by atoms with van der Waals surface area (Å²) in [5.74, 6) is -1.87. The maximum absolute atomic E-state index is 13.3. The van der Waals surface area contributed by atoms with E-state index in [4.69, 9.17) is 20.8 Å². The maximum Gasteiger partial charge on any atom is 0.343 e. The molecule has 0 fully saturated rings. The van der Waals surface area contributed by atoms with Crippen LogP contribution in [0.1, 0.15) is 31.1 Å². The van der Waals surface area contributed by atoms with Crippen molar-refractivity contribution in [2.24, 2.45) is 0 Å². The first-order chi connectivity index (χ1) is 18.4. The third kappa shape index (κ3) is 3.86. The van der Waals surface area contributed by atoms with Crippen LogP contribution in [-0.4, -0.2) is 17.8 Å². The number of carbonyl (C=O) groups is 3. The molecular weight excluding hydrogens is 506 g/mol. The van der Waals surface area contributed by atoms with Gasteiger partial charge in [0.1, 0.15) is 5.58 Å². The van der Waals surface area contributed by atoms with E-state index in [-0.39, 0.29) is 22.5 Å². The lowest BCUT2D eigenvalue weighted by Gasteiger charge is -2.14.